The summed E-state index contributed by atoms with van der Waals surface area (Å²) in [6.45, 7) is 0.446. The molecule has 5 nitrogen and oxygen atoms in total. The number of anilines is 1. The summed E-state index contributed by atoms with van der Waals surface area (Å²) >= 11 is 0. The zero-order valence-corrected chi connectivity index (χ0v) is 16.5. The van der Waals surface area contributed by atoms with Crippen molar-refractivity contribution in [3.8, 4) is 17.6 Å². The number of para-hydroxylation sites is 1. The molecule has 3 aromatic rings. The van der Waals surface area contributed by atoms with Crippen molar-refractivity contribution in [2.45, 2.75) is 17.7 Å². The molecule has 1 aliphatic rings. The predicted octanol–water partition coefficient (Wildman–Crippen LogP) is 4.96. The third-order valence-electron chi connectivity index (χ3n) is 4.80. The topological polar surface area (TPSA) is 70.4 Å². The second kappa shape index (κ2) is 7.98. The third kappa shape index (κ3) is 4.41. The molecule has 0 atom stereocenters. The van der Waals surface area contributed by atoms with Crippen LogP contribution in [0.25, 0.3) is 0 Å². The summed E-state index contributed by atoms with van der Waals surface area (Å²) in [6, 6.07) is 24.6. The molecule has 0 heterocycles. The first-order valence-corrected chi connectivity index (χ1v) is 10.9. The van der Waals surface area contributed by atoms with E-state index >= 15 is 0 Å². The first kappa shape index (κ1) is 19.0. The highest BCUT2D eigenvalue weighted by Crippen LogP contribution is 2.35. The van der Waals surface area contributed by atoms with Gasteiger partial charge < -0.3 is 4.74 Å². The van der Waals surface area contributed by atoms with E-state index in [1.807, 2.05) is 36.4 Å². The van der Waals surface area contributed by atoms with E-state index in [4.69, 9.17) is 10.00 Å². The minimum atomic E-state index is -3.72. The van der Waals surface area contributed by atoms with E-state index in [-0.39, 0.29) is 4.90 Å². The summed E-state index contributed by atoms with van der Waals surface area (Å²) in [5, 5.41) is 8.96. The summed E-state index contributed by atoms with van der Waals surface area (Å²) in [5.41, 5.74) is 1.03. The van der Waals surface area contributed by atoms with Crippen molar-refractivity contribution >= 4 is 15.7 Å². The van der Waals surface area contributed by atoms with Crippen LogP contribution >= 0.6 is 0 Å². The molecule has 1 aliphatic carbocycles. The van der Waals surface area contributed by atoms with Gasteiger partial charge in [-0.2, -0.15) is 5.26 Å². The van der Waals surface area contributed by atoms with Crippen molar-refractivity contribution in [3.05, 3.63) is 84.4 Å². The first-order chi connectivity index (χ1) is 14.1. The second-order valence-electron chi connectivity index (χ2n) is 7.02. The van der Waals surface area contributed by atoms with Crippen LogP contribution in [0.15, 0.2) is 83.8 Å². The van der Waals surface area contributed by atoms with Crippen molar-refractivity contribution in [3.63, 3.8) is 0 Å². The maximum absolute atomic E-state index is 13.3. The average molecular weight is 404 g/mol. The summed E-state index contributed by atoms with van der Waals surface area (Å²) in [4.78, 5) is 0.182. The SMILES string of the molecule is N#Cc1ccc(S(=O)(=O)N(CC2CC2)c2ccc(Oc3ccccc3)cc2)cc1. The molecule has 4 rings (SSSR count). The Labute approximate surface area is 170 Å². The van der Waals surface area contributed by atoms with Crippen molar-refractivity contribution in [1.29, 1.82) is 5.26 Å². The Morgan fingerprint density at radius 2 is 1.52 bits per heavy atom. The summed E-state index contributed by atoms with van der Waals surface area (Å²) in [5.74, 6) is 1.74. The summed E-state index contributed by atoms with van der Waals surface area (Å²) in [6.07, 6.45) is 2.07. The monoisotopic (exact) mass is 404 g/mol. The third-order valence-corrected chi connectivity index (χ3v) is 6.60. The Bertz CT molecular complexity index is 1120. The fourth-order valence-corrected chi connectivity index (χ4v) is 4.55. The minimum Gasteiger partial charge on any atom is -0.457 e. The normalized spacial score (nSPS) is 13.5. The highest BCUT2D eigenvalue weighted by atomic mass is 32.2. The van der Waals surface area contributed by atoms with Crippen LogP contribution < -0.4 is 9.04 Å². The van der Waals surface area contributed by atoms with Crippen LogP contribution in [-0.4, -0.2) is 15.0 Å². The largest absolute Gasteiger partial charge is 0.457 e. The van der Waals surface area contributed by atoms with E-state index in [9.17, 15) is 8.42 Å². The summed E-state index contributed by atoms with van der Waals surface area (Å²) in [7, 11) is -3.72. The molecule has 0 spiro atoms. The molecule has 6 heteroatoms. The maximum Gasteiger partial charge on any atom is 0.264 e. The van der Waals surface area contributed by atoms with Gasteiger partial charge in [-0.15, -0.1) is 0 Å². The maximum atomic E-state index is 13.3. The van der Waals surface area contributed by atoms with Gasteiger partial charge >= 0.3 is 0 Å². The van der Waals surface area contributed by atoms with Gasteiger partial charge in [0.25, 0.3) is 10.0 Å². The fraction of sp³-hybridized carbons (Fsp3) is 0.174. The number of nitrogens with zero attached hydrogens (tertiary/aromatic N) is 2. The number of nitriles is 1. The van der Waals surface area contributed by atoms with Gasteiger partial charge in [-0.1, -0.05) is 18.2 Å². The number of hydrogen-bond acceptors (Lipinski definition) is 4. The van der Waals surface area contributed by atoms with Gasteiger partial charge in [0, 0.05) is 6.54 Å². The van der Waals surface area contributed by atoms with Crippen molar-refractivity contribution in [1.82, 2.24) is 0 Å². The molecule has 3 aromatic carbocycles. The molecule has 0 amide bonds. The molecule has 0 bridgehead atoms. The van der Waals surface area contributed by atoms with Crippen LogP contribution in [0.5, 0.6) is 11.5 Å². The van der Waals surface area contributed by atoms with Gasteiger partial charge in [0.05, 0.1) is 22.2 Å². The van der Waals surface area contributed by atoms with Crippen LogP contribution in [0.3, 0.4) is 0 Å². The molecule has 1 fully saturated rings. The number of ether oxygens (including phenoxy) is 1. The Morgan fingerprint density at radius 1 is 0.897 bits per heavy atom. The standard InChI is InChI=1S/C23H20N2O3S/c24-16-18-8-14-23(15-9-18)29(26,27)25(17-19-6-7-19)20-10-12-22(13-11-20)28-21-4-2-1-3-5-21/h1-5,8-15,19H,6-7,17H2. The molecule has 29 heavy (non-hydrogen) atoms. The number of benzene rings is 3. The lowest BCUT2D eigenvalue weighted by Gasteiger charge is -2.25. The van der Waals surface area contributed by atoms with Crippen LogP contribution in [-0.2, 0) is 10.0 Å². The van der Waals surface area contributed by atoms with Gasteiger partial charge in [0.1, 0.15) is 11.5 Å². The van der Waals surface area contributed by atoms with Gasteiger partial charge in [0.2, 0.25) is 0 Å². The molecule has 146 valence electrons. The first-order valence-electron chi connectivity index (χ1n) is 9.42. The lowest BCUT2D eigenvalue weighted by molar-refractivity contribution is 0.482. The Balaban J connectivity index is 1.61. The highest BCUT2D eigenvalue weighted by molar-refractivity contribution is 7.92. The Kier molecular flexibility index (Phi) is 5.24. The molecule has 0 aromatic heterocycles. The van der Waals surface area contributed by atoms with E-state index in [0.717, 1.165) is 18.6 Å². The molecule has 0 aliphatic heterocycles. The fourth-order valence-electron chi connectivity index (χ4n) is 3.01. The van der Waals surface area contributed by atoms with E-state index in [1.54, 1.807) is 24.3 Å². The lowest BCUT2D eigenvalue weighted by atomic mass is 10.2. The molecular weight excluding hydrogens is 384 g/mol. The van der Waals surface area contributed by atoms with Gasteiger partial charge in [0.15, 0.2) is 0 Å². The van der Waals surface area contributed by atoms with Gasteiger partial charge in [-0.25, -0.2) is 8.42 Å². The number of rotatable bonds is 7. The zero-order chi connectivity index (χ0) is 20.3. The smallest absolute Gasteiger partial charge is 0.264 e. The molecular formula is C23H20N2O3S. The molecule has 1 saturated carbocycles. The van der Waals surface area contributed by atoms with Crippen molar-refractivity contribution in [2.24, 2.45) is 5.92 Å². The number of hydrogen-bond donors (Lipinski definition) is 0. The zero-order valence-electron chi connectivity index (χ0n) is 15.7. The highest BCUT2D eigenvalue weighted by Gasteiger charge is 2.32. The van der Waals surface area contributed by atoms with Gasteiger partial charge in [-0.3, -0.25) is 4.31 Å². The molecule has 0 N–H and O–H groups in total. The predicted molar refractivity (Wildman–Crippen MR) is 111 cm³/mol. The Hall–Kier alpha value is -3.30. The van der Waals surface area contributed by atoms with Crippen LogP contribution in [0.4, 0.5) is 5.69 Å². The van der Waals surface area contributed by atoms with Crippen LogP contribution in [0, 0.1) is 17.2 Å². The Morgan fingerprint density at radius 3 is 2.10 bits per heavy atom. The van der Waals surface area contributed by atoms with E-state index in [1.165, 1.54) is 28.6 Å². The minimum absolute atomic E-state index is 0.182. The van der Waals surface area contributed by atoms with E-state index in [2.05, 4.69) is 0 Å². The lowest BCUT2D eigenvalue weighted by Crippen LogP contribution is -2.33. The molecule has 0 unspecified atom stereocenters. The van der Waals surface area contributed by atoms with Crippen LogP contribution in [0.2, 0.25) is 0 Å². The summed E-state index contributed by atoms with van der Waals surface area (Å²) < 4.78 is 33.8. The average Bonchev–Trinajstić information content (AvgIpc) is 3.58. The van der Waals surface area contributed by atoms with Crippen molar-refractivity contribution in [2.75, 3.05) is 10.8 Å². The number of sulfonamides is 1. The van der Waals surface area contributed by atoms with Gasteiger partial charge in [-0.05, 0) is 79.4 Å². The molecule has 0 radical (unpaired) electrons. The van der Waals surface area contributed by atoms with E-state index in [0.29, 0.717) is 29.5 Å². The quantitative estimate of drug-likeness (QED) is 0.558. The molecule has 0 saturated heterocycles. The van der Waals surface area contributed by atoms with E-state index < -0.39 is 10.0 Å². The van der Waals surface area contributed by atoms with Crippen LogP contribution in [0.1, 0.15) is 18.4 Å². The second-order valence-corrected chi connectivity index (χ2v) is 8.89. The van der Waals surface area contributed by atoms with Crippen molar-refractivity contribution < 1.29 is 13.2 Å².